The van der Waals surface area contributed by atoms with Crippen LogP contribution in [0.25, 0.3) is 0 Å². The molecule has 1 fully saturated rings. The summed E-state index contributed by atoms with van der Waals surface area (Å²) in [5, 5.41) is 1.92. The van der Waals surface area contributed by atoms with Crippen LogP contribution in [-0.2, 0) is 0 Å². The largest absolute Gasteiger partial charge is 0.493 e. The monoisotopic (exact) mass is 342 g/mol. The SMILES string of the molecule is [2H]c1c([2H])c([C@@H]2CC([2H])([2H])NC([2H])([2H])C2([2H])C([2H])([2H])Oc2ccc3c(c2)OC([2H])([2H])O3)c([2H])c([2H])c1F. The van der Waals surface area contributed by atoms with E-state index in [0.29, 0.717) is 0 Å². The van der Waals surface area contributed by atoms with E-state index in [4.69, 9.17) is 32.0 Å². The molecule has 2 aliphatic heterocycles. The summed E-state index contributed by atoms with van der Waals surface area (Å²) in [6.45, 7) is -11.7. The van der Waals surface area contributed by atoms with Crippen LogP contribution in [0.15, 0.2) is 42.4 Å². The predicted octanol–water partition coefficient (Wildman–Crippen LogP) is 3.33. The van der Waals surface area contributed by atoms with Crippen LogP contribution in [0, 0.1) is 11.7 Å². The van der Waals surface area contributed by atoms with Crippen LogP contribution < -0.4 is 19.5 Å². The zero-order valence-corrected chi connectivity index (χ0v) is 12.1. The van der Waals surface area contributed by atoms with E-state index in [1.54, 1.807) is 0 Å². The first kappa shape index (κ1) is 6.56. The average Bonchev–Trinajstić information content (AvgIpc) is 3.06. The minimum atomic E-state index is -3.37. The minimum absolute atomic E-state index is 0.0332. The maximum absolute atomic E-state index is 14.2. The first-order chi connectivity index (χ1) is 16.7. The molecule has 2 heterocycles. The number of benzene rings is 2. The second-order valence-corrected chi connectivity index (χ2v) is 4.92. The van der Waals surface area contributed by atoms with Crippen LogP contribution in [-0.4, -0.2) is 26.3 Å². The van der Waals surface area contributed by atoms with Crippen LogP contribution in [0.4, 0.5) is 4.39 Å². The van der Waals surface area contributed by atoms with Gasteiger partial charge in [-0.1, -0.05) is 12.1 Å². The van der Waals surface area contributed by atoms with E-state index in [1.807, 2.05) is 5.32 Å². The quantitative estimate of drug-likeness (QED) is 0.925. The molecule has 2 atom stereocenters. The molecular weight excluding hydrogens is 309 g/mol. The second-order valence-electron chi connectivity index (χ2n) is 4.92. The van der Waals surface area contributed by atoms with Gasteiger partial charge in [0.25, 0.3) is 0 Å². The van der Waals surface area contributed by atoms with Gasteiger partial charge in [0, 0.05) is 25.3 Å². The number of ether oxygens (including phenoxy) is 3. The summed E-state index contributed by atoms with van der Waals surface area (Å²) >= 11 is 0. The molecule has 4 rings (SSSR count). The number of hydrogen-bond acceptors (Lipinski definition) is 4. The Morgan fingerprint density at radius 1 is 1.33 bits per heavy atom. The predicted molar refractivity (Wildman–Crippen MR) is 88.2 cm³/mol. The molecule has 24 heavy (non-hydrogen) atoms. The van der Waals surface area contributed by atoms with Crippen molar-refractivity contribution in [2.24, 2.45) is 5.89 Å². The van der Waals surface area contributed by atoms with E-state index < -0.39 is 80.1 Å². The van der Waals surface area contributed by atoms with Crippen LogP contribution >= 0.6 is 0 Å². The van der Waals surface area contributed by atoms with Gasteiger partial charge in [-0.3, -0.25) is 0 Å². The Labute approximate surface area is 158 Å². The molecule has 4 nitrogen and oxygen atoms in total. The Bertz CT molecular complexity index is 1250. The first-order valence-corrected chi connectivity index (χ1v) is 6.99. The van der Waals surface area contributed by atoms with Crippen molar-refractivity contribution in [1.82, 2.24) is 5.32 Å². The van der Waals surface area contributed by atoms with Gasteiger partial charge in [-0.15, -0.1) is 0 Å². The summed E-state index contributed by atoms with van der Waals surface area (Å²) in [6, 6.07) is -0.916. The van der Waals surface area contributed by atoms with E-state index in [-0.39, 0.29) is 17.2 Å². The molecule has 0 aromatic heterocycles. The summed E-state index contributed by atoms with van der Waals surface area (Å²) in [6.07, 6.45) is -0.886. The fourth-order valence-electron chi connectivity index (χ4n) is 2.22. The van der Waals surface area contributed by atoms with Gasteiger partial charge in [0.1, 0.15) is 14.3 Å². The maximum atomic E-state index is 14.2. The van der Waals surface area contributed by atoms with Gasteiger partial charge in [-0.05, 0) is 48.6 Å². The number of fused-ring (bicyclic) bond motifs is 1. The molecule has 5 heteroatoms. The number of piperidine rings is 1. The normalized spacial score (nSPS) is 40.2. The summed E-state index contributed by atoms with van der Waals surface area (Å²) in [5.41, 5.74) is -0.744. The fourth-order valence-corrected chi connectivity index (χ4v) is 2.22. The number of hydrogen-bond donors (Lipinski definition) is 1. The van der Waals surface area contributed by atoms with Crippen molar-refractivity contribution in [1.29, 1.82) is 0 Å². The topological polar surface area (TPSA) is 39.7 Å². The zero-order valence-electron chi connectivity index (χ0n) is 25.1. The summed E-state index contributed by atoms with van der Waals surface area (Å²) in [7, 11) is 0. The van der Waals surface area contributed by atoms with Gasteiger partial charge in [0.15, 0.2) is 11.5 Å². The highest BCUT2D eigenvalue weighted by Gasteiger charge is 2.27. The maximum Gasteiger partial charge on any atom is 0.231 e. The summed E-state index contributed by atoms with van der Waals surface area (Å²) in [5.74, 6) is -7.25. The van der Waals surface area contributed by atoms with Crippen molar-refractivity contribution in [3.8, 4) is 17.2 Å². The molecule has 2 aromatic rings. The Morgan fingerprint density at radius 3 is 3.04 bits per heavy atom. The minimum Gasteiger partial charge on any atom is -0.493 e. The second kappa shape index (κ2) is 6.69. The van der Waals surface area contributed by atoms with Crippen molar-refractivity contribution < 1.29 is 36.4 Å². The number of rotatable bonds is 4. The van der Waals surface area contributed by atoms with Gasteiger partial charge in [0.05, 0.1) is 14.8 Å². The fraction of sp³-hybridized carbons (Fsp3) is 0.368. The zero-order chi connectivity index (χ0) is 27.9. The third kappa shape index (κ3) is 3.17. The van der Waals surface area contributed by atoms with Gasteiger partial charge in [-0.2, -0.15) is 0 Å². The molecule has 2 aliphatic rings. The van der Waals surface area contributed by atoms with Crippen LogP contribution in [0.5, 0.6) is 17.2 Å². The molecule has 0 bridgehead atoms. The van der Waals surface area contributed by atoms with E-state index in [9.17, 15) is 4.39 Å². The lowest BCUT2D eigenvalue weighted by atomic mass is 9.81. The molecule has 1 unspecified atom stereocenters. The molecule has 0 saturated carbocycles. The van der Waals surface area contributed by atoms with E-state index >= 15 is 0 Å². The van der Waals surface area contributed by atoms with Crippen molar-refractivity contribution in [3.63, 3.8) is 0 Å². The third-order valence-electron chi connectivity index (χ3n) is 3.40. The molecular formula is C19H20FNO3. The molecule has 2 aromatic carbocycles. The number of halogens is 1. The molecule has 0 spiro atoms. The molecule has 1 N–H and O–H groups in total. The first-order valence-electron chi connectivity index (χ1n) is 13.5. The molecule has 0 amide bonds. The lowest BCUT2D eigenvalue weighted by Crippen LogP contribution is -2.38. The van der Waals surface area contributed by atoms with E-state index in [0.717, 1.165) is 12.1 Å². The van der Waals surface area contributed by atoms with Gasteiger partial charge < -0.3 is 19.5 Å². The molecule has 0 radical (unpaired) electrons. The Kier molecular flexibility index (Phi) is 1.83. The standard InChI is InChI=1S/C19H20FNO3/c20-15-3-1-13(2-4-15)17-7-8-21-10-14(17)11-22-16-5-6-18-19(9-16)24-12-23-18/h1-6,9,14,17,21H,7-8,10-12H2/t14?,17-/m0/s1/i1D,2D,3D,4D,8D2,10D2,11D2,12D2,14D. The van der Waals surface area contributed by atoms with Crippen molar-refractivity contribution in [3.05, 3.63) is 53.7 Å². The highest BCUT2D eigenvalue weighted by atomic mass is 19.1. The van der Waals surface area contributed by atoms with Gasteiger partial charge >= 0.3 is 0 Å². The smallest absolute Gasteiger partial charge is 0.231 e. The Hall–Kier alpha value is -2.27. The molecule has 1 saturated heterocycles. The van der Waals surface area contributed by atoms with Crippen LogP contribution in [0.1, 0.15) is 35.7 Å². The van der Waals surface area contributed by atoms with Crippen molar-refractivity contribution in [2.75, 3.05) is 26.3 Å². The third-order valence-corrected chi connectivity index (χ3v) is 3.40. The Morgan fingerprint density at radius 2 is 2.17 bits per heavy atom. The van der Waals surface area contributed by atoms with Crippen LogP contribution in [0.2, 0.25) is 0 Å². The summed E-state index contributed by atoms with van der Waals surface area (Å²) < 4.78 is 136. The van der Waals surface area contributed by atoms with E-state index in [1.165, 1.54) is 6.07 Å². The lowest BCUT2D eigenvalue weighted by molar-refractivity contribution is 0.173. The van der Waals surface area contributed by atoms with E-state index in [2.05, 4.69) is 0 Å². The Balaban J connectivity index is 1.87. The molecule has 126 valence electrons. The summed E-state index contributed by atoms with van der Waals surface area (Å²) in [4.78, 5) is 0. The van der Waals surface area contributed by atoms with Crippen molar-refractivity contribution in [2.45, 2.75) is 12.3 Å². The van der Waals surface area contributed by atoms with Crippen molar-refractivity contribution >= 4 is 0 Å². The molecule has 0 aliphatic carbocycles. The van der Waals surface area contributed by atoms with Gasteiger partial charge in [0.2, 0.25) is 6.75 Å². The highest BCUT2D eigenvalue weighted by molar-refractivity contribution is 5.46. The lowest BCUT2D eigenvalue weighted by Gasteiger charge is -2.32. The van der Waals surface area contributed by atoms with Crippen LogP contribution in [0.3, 0.4) is 0 Å². The number of nitrogens with one attached hydrogen (secondary N) is 1. The average molecular weight is 342 g/mol. The highest BCUT2D eigenvalue weighted by Crippen LogP contribution is 2.36. The van der Waals surface area contributed by atoms with Gasteiger partial charge in [-0.25, -0.2) is 4.39 Å².